The van der Waals surface area contributed by atoms with Gasteiger partial charge in [-0.3, -0.25) is 9.89 Å². The van der Waals surface area contributed by atoms with Crippen LogP contribution in [0.3, 0.4) is 0 Å². The molecular formula is C19H18ClFN4OS. The number of nitrogens with one attached hydrogen (secondary N) is 1. The van der Waals surface area contributed by atoms with Gasteiger partial charge in [0.25, 0.3) is 0 Å². The van der Waals surface area contributed by atoms with Gasteiger partial charge in [-0.15, -0.1) is 5.10 Å². The van der Waals surface area contributed by atoms with Gasteiger partial charge < -0.3 is 4.90 Å². The van der Waals surface area contributed by atoms with E-state index in [1.165, 1.54) is 23.9 Å². The molecule has 3 aromatic rings. The van der Waals surface area contributed by atoms with E-state index >= 15 is 0 Å². The lowest BCUT2D eigenvalue weighted by Gasteiger charge is -2.20. The van der Waals surface area contributed by atoms with Crippen LogP contribution in [-0.2, 0) is 11.3 Å². The van der Waals surface area contributed by atoms with Gasteiger partial charge in [0, 0.05) is 24.2 Å². The summed E-state index contributed by atoms with van der Waals surface area (Å²) in [6.07, 6.45) is 0. The second kappa shape index (κ2) is 8.54. The first-order valence-corrected chi connectivity index (χ1v) is 9.52. The number of thioether (sulfide) groups is 1. The minimum Gasteiger partial charge on any atom is -0.340 e. The summed E-state index contributed by atoms with van der Waals surface area (Å²) < 4.78 is 13.3. The van der Waals surface area contributed by atoms with Crippen molar-refractivity contribution in [1.82, 2.24) is 20.1 Å². The van der Waals surface area contributed by atoms with Gasteiger partial charge in [-0.2, -0.15) is 0 Å². The molecule has 1 N–H and O–H groups in total. The Bertz CT molecular complexity index is 931. The zero-order chi connectivity index (χ0) is 19.4. The molecule has 8 heteroatoms. The molecule has 1 aromatic heterocycles. The Labute approximate surface area is 166 Å². The van der Waals surface area contributed by atoms with Gasteiger partial charge in [0.2, 0.25) is 11.1 Å². The summed E-state index contributed by atoms with van der Waals surface area (Å²) in [6, 6.07) is 13.5. The third-order valence-corrected chi connectivity index (χ3v) is 5.10. The van der Waals surface area contributed by atoms with E-state index in [-0.39, 0.29) is 17.0 Å². The summed E-state index contributed by atoms with van der Waals surface area (Å²) in [5.74, 6) is 0.218. The normalized spacial score (nSPS) is 12.0. The van der Waals surface area contributed by atoms with E-state index in [0.717, 1.165) is 11.1 Å². The first-order chi connectivity index (χ1) is 12.9. The molecule has 27 heavy (non-hydrogen) atoms. The summed E-state index contributed by atoms with van der Waals surface area (Å²) in [5, 5.41) is 7.79. The van der Waals surface area contributed by atoms with Crippen LogP contribution < -0.4 is 0 Å². The topological polar surface area (TPSA) is 61.9 Å². The van der Waals surface area contributed by atoms with Gasteiger partial charge in [0.15, 0.2) is 5.82 Å². The molecule has 0 fully saturated rings. The van der Waals surface area contributed by atoms with Crippen molar-refractivity contribution < 1.29 is 9.18 Å². The molecule has 0 saturated carbocycles. The van der Waals surface area contributed by atoms with Crippen molar-refractivity contribution in [2.24, 2.45) is 0 Å². The number of amides is 1. The highest BCUT2D eigenvalue weighted by Crippen LogP contribution is 2.24. The number of carbonyl (C=O) groups excluding carboxylic acids is 1. The van der Waals surface area contributed by atoms with E-state index < -0.39 is 0 Å². The van der Waals surface area contributed by atoms with E-state index in [1.807, 2.05) is 12.1 Å². The third-order valence-electron chi connectivity index (χ3n) is 3.90. The minimum atomic E-state index is -0.377. The van der Waals surface area contributed by atoms with Crippen molar-refractivity contribution in [1.29, 1.82) is 0 Å². The molecule has 1 atom stereocenters. The van der Waals surface area contributed by atoms with E-state index in [9.17, 15) is 9.18 Å². The van der Waals surface area contributed by atoms with Gasteiger partial charge in [-0.05, 0) is 48.9 Å². The first kappa shape index (κ1) is 19.4. The number of aromatic amines is 1. The number of hydrogen-bond donors (Lipinski definition) is 1. The van der Waals surface area contributed by atoms with Crippen LogP contribution in [0.2, 0.25) is 5.02 Å². The van der Waals surface area contributed by atoms with Gasteiger partial charge in [-0.1, -0.05) is 35.5 Å². The Morgan fingerprint density at radius 2 is 2.04 bits per heavy atom. The fourth-order valence-corrected chi connectivity index (χ4v) is 3.51. The average Bonchev–Trinajstić information content (AvgIpc) is 3.10. The number of halogens is 2. The maximum Gasteiger partial charge on any atom is 0.235 e. The van der Waals surface area contributed by atoms with Gasteiger partial charge in [0.1, 0.15) is 5.82 Å². The van der Waals surface area contributed by atoms with Gasteiger partial charge in [-0.25, -0.2) is 9.37 Å². The number of aromatic nitrogens is 3. The Morgan fingerprint density at radius 3 is 2.74 bits per heavy atom. The molecule has 0 bridgehead atoms. The number of carbonyl (C=O) groups is 1. The quantitative estimate of drug-likeness (QED) is 0.618. The van der Waals surface area contributed by atoms with Crippen LogP contribution in [0.1, 0.15) is 12.5 Å². The molecule has 5 nitrogen and oxygen atoms in total. The summed E-state index contributed by atoms with van der Waals surface area (Å²) in [7, 11) is 1.70. The maximum absolute atomic E-state index is 13.3. The van der Waals surface area contributed by atoms with Crippen molar-refractivity contribution in [3.63, 3.8) is 0 Å². The summed E-state index contributed by atoms with van der Waals surface area (Å²) in [5.41, 5.74) is 1.60. The highest BCUT2D eigenvalue weighted by Gasteiger charge is 2.21. The first-order valence-electron chi connectivity index (χ1n) is 8.27. The van der Waals surface area contributed by atoms with Crippen LogP contribution in [-0.4, -0.2) is 38.3 Å². The molecule has 1 unspecified atom stereocenters. The predicted octanol–water partition coefficient (Wildman–Crippen LogP) is 4.40. The number of rotatable bonds is 6. The van der Waals surface area contributed by atoms with Crippen molar-refractivity contribution >= 4 is 29.3 Å². The Morgan fingerprint density at radius 1 is 1.30 bits per heavy atom. The molecule has 0 radical (unpaired) electrons. The van der Waals surface area contributed by atoms with Crippen molar-refractivity contribution in [2.45, 2.75) is 23.9 Å². The van der Waals surface area contributed by atoms with E-state index in [2.05, 4.69) is 15.2 Å². The number of hydrogen-bond acceptors (Lipinski definition) is 4. The Balaban J connectivity index is 1.61. The van der Waals surface area contributed by atoms with Gasteiger partial charge in [0.05, 0.1) is 5.25 Å². The summed E-state index contributed by atoms with van der Waals surface area (Å²) in [6.45, 7) is 2.14. The summed E-state index contributed by atoms with van der Waals surface area (Å²) in [4.78, 5) is 18.6. The number of nitrogens with zero attached hydrogens (tertiary/aromatic N) is 3. The van der Waals surface area contributed by atoms with Crippen LogP contribution in [0.4, 0.5) is 4.39 Å². The fraction of sp³-hybridized carbons (Fsp3) is 0.211. The molecule has 0 aliphatic rings. The smallest absolute Gasteiger partial charge is 0.235 e. The van der Waals surface area contributed by atoms with E-state index in [0.29, 0.717) is 22.5 Å². The SMILES string of the molecule is CC(Sc1n[nH]c(-c2ccc(Cl)cc2)n1)C(=O)N(C)Cc1cccc(F)c1. The van der Waals surface area contributed by atoms with Crippen LogP contribution in [0, 0.1) is 5.82 Å². The zero-order valence-corrected chi connectivity index (χ0v) is 16.4. The average molecular weight is 405 g/mol. The lowest BCUT2D eigenvalue weighted by molar-refractivity contribution is -0.129. The maximum atomic E-state index is 13.3. The monoisotopic (exact) mass is 404 g/mol. The fourth-order valence-electron chi connectivity index (χ4n) is 2.54. The standard InChI is InChI=1S/C19H18ClFN4OS/c1-12(18(26)25(2)11-13-4-3-5-16(21)10-13)27-19-22-17(23-24-19)14-6-8-15(20)9-7-14/h3-10,12H,11H2,1-2H3,(H,22,23,24). The lowest BCUT2D eigenvalue weighted by atomic mass is 10.2. The van der Waals surface area contributed by atoms with Crippen LogP contribution >= 0.6 is 23.4 Å². The Kier molecular flexibility index (Phi) is 6.13. The highest BCUT2D eigenvalue weighted by atomic mass is 35.5. The zero-order valence-electron chi connectivity index (χ0n) is 14.8. The molecule has 1 heterocycles. The third kappa shape index (κ3) is 5.08. The lowest BCUT2D eigenvalue weighted by Crippen LogP contribution is -2.32. The molecule has 1 amide bonds. The molecular weight excluding hydrogens is 387 g/mol. The second-order valence-corrected chi connectivity index (χ2v) is 7.80. The molecule has 3 rings (SSSR count). The van der Waals surface area contributed by atoms with Crippen molar-refractivity contribution in [2.75, 3.05) is 7.05 Å². The second-order valence-electron chi connectivity index (χ2n) is 6.06. The largest absolute Gasteiger partial charge is 0.340 e. The molecule has 0 spiro atoms. The number of H-pyrrole nitrogens is 1. The summed E-state index contributed by atoms with van der Waals surface area (Å²) >= 11 is 7.16. The predicted molar refractivity (Wildman–Crippen MR) is 105 cm³/mol. The minimum absolute atomic E-state index is 0.0814. The van der Waals surface area contributed by atoms with Crippen LogP contribution in [0.25, 0.3) is 11.4 Å². The molecule has 0 aliphatic carbocycles. The number of benzene rings is 2. The molecule has 0 aliphatic heterocycles. The van der Waals surface area contributed by atoms with Crippen LogP contribution in [0.5, 0.6) is 0 Å². The van der Waals surface area contributed by atoms with Crippen molar-refractivity contribution in [3.8, 4) is 11.4 Å². The molecule has 0 saturated heterocycles. The van der Waals surface area contributed by atoms with E-state index in [4.69, 9.17) is 11.6 Å². The van der Waals surface area contributed by atoms with Gasteiger partial charge >= 0.3 is 0 Å². The Hall–Kier alpha value is -2.38. The molecule has 140 valence electrons. The van der Waals surface area contributed by atoms with Crippen LogP contribution in [0.15, 0.2) is 53.7 Å². The van der Waals surface area contributed by atoms with Crippen molar-refractivity contribution in [3.05, 3.63) is 64.9 Å². The highest BCUT2D eigenvalue weighted by molar-refractivity contribution is 8.00. The molecule has 2 aromatic carbocycles. The van der Waals surface area contributed by atoms with E-state index in [1.54, 1.807) is 43.1 Å².